The highest BCUT2D eigenvalue weighted by Crippen LogP contribution is 2.00. The van der Waals surface area contributed by atoms with Crippen molar-refractivity contribution in [2.24, 2.45) is 0 Å². The van der Waals surface area contributed by atoms with Crippen molar-refractivity contribution in [3.63, 3.8) is 0 Å². The number of ether oxygens (including phenoxy) is 2. The largest absolute Gasteiger partial charge is 0.480 e. The van der Waals surface area contributed by atoms with Crippen LogP contribution in [-0.4, -0.2) is 68.6 Å². The Bertz CT molecular complexity index is 279. The second-order valence-electron chi connectivity index (χ2n) is 4.03. The topological polar surface area (TPSA) is 96.9 Å². The average Bonchev–Trinajstić information content (AvgIpc) is 2.42. The maximum atomic E-state index is 11.5. The lowest BCUT2D eigenvalue weighted by atomic mass is 10.2. The quantitative estimate of drug-likeness (QED) is 0.455. The Balaban J connectivity index is 3.66. The number of carbonyl (C=O) groups excluding carboxylic acids is 1. The molecule has 0 unspecified atom stereocenters. The summed E-state index contributed by atoms with van der Waals surface area (Å²) in [6.07, 6.45) is 2.96. The van der Waals surface area contributed by atoms with E-state index in [1.165, 1.54) is 0 Å². The standard InChI is InChI=1S/C12H24N2O5S/c1-18-7-8-19-6-3-5-13-12(17)14-10(11(15)16)4-9-20-2/h10H,3-9H2,1-2H3,(H,15,16)(H2,13,14,17)/t10-/m0/s1. The maximum Gasteiger partial charge on any atom is 0.326 e. The number of methoxy groups -OCH3 is 1. The second-order valence-corrected chi connectivity index (χ2v) is 5.02. The molecule has 7 nitrogen and oxygen atoms in total. The average molecular weight is 308 g/mol. The van der Waals surface area contributed by atoms with Gasteiger partial charge < -0.3 is 25.2 Å². The van der Waals surface area contributed by atoms with Crippen LogP contribution in [0.5, 0.6) is 0 Å². The lowest BCUT2D eigenvalue weighted by Crippen LogP contribution is -2.46. The molecule has 0 radical (unpaired) electrons. The highest BCUT2D eigenvalue weighted by molar-refractivity contribution is 7.98. The Hall–Kier alpha value is -0.990. The SMILES string of the molecule is COCCOCCCNC(=O)N[C@@H](CCSC)C(=O)O. The summed E-state index contributed by atoms with van der Waals surface area (Å²) in [6.45, 7) is 2.04. The normalized spacial score (nSPS) is 11.9. The molecule has 0 aromatic carbocycles. The molecule has 0 aromatic heterocycles. The van der Waals surface area contributed by atoms with Gasteiger partial charge in [-0.15, -0.1) is 0 Å². The molecule has 0 saturated heterocycles. The van der Waals surface area contributed by atoms with Crippen LogP contribution in [0.25, 0.3) is 0 Å². The second kappa shape index (κ2) is 13.0. The number of carboxylic acid groups (broad SMARTS) is 1. The number of aliphatic carboxylic acids is 1. The summed E-state index contributed by atoms with van der Waals surface area (Å²) in [6, 6.07) is -1.31. The zero-order valence-electron chi connectivity index (χ0n) is 12.0. The van der Waals surface area contributed by atoms with Gasteiger partial charge in [-0.1, -0.05) is 0 Å². The molecular formula is C12H24N2O5S. The van der Waals surface area contributed by atoms with Gasteiger partial charge in [-0.25, -0.2) is 9.59 Å². The van der Waals surface area contributed by atoms with E-state index in [9.17, 15) is 9.59 Å². The zero-order chi connectivity index (χ0) is 15.2. The van der Waals surface area contributed by atoms with Crippen molar-refractivity contribution in [3.05, 3.63) is 0 Å². The van der Waals surface area contributed by atoms with E-state index in [0.29, 0.717) is 45.0 Å². The summed E-state index contributed by atoms with van der Waals surface area (Å²) in [5.41, 5.74) is 0. The molecule has 0 rings (SSSR count). The van der Waals surface area contributed by atoms with Crippen molar-refractivity contribution in [3.8, 4) is 0 Å². The van der Waals surface area contributed by atoms with Gasteiger partial charge in [-0.05, 0) is 24.9 Å². The number of nitrogens with one attached hydrogen (secondary N) is 2. The number of carboxylic acids is 1. The van der Waals surface area contributed by atoms with Crippen molar-refractivity contribution in [2.75, 3.05) is 45.5 Å². The van der Waals surface area contributed by atoms with Crippen molar-refractivity contribution < 1.29 is 24.2 Å². The van der Waals surface area contributed by atoms with Crippen LogP contribution in [-0.2, 0) is 14.3 Å². The van der Waals surface area contributed by atoms with Crippen molar-refractivity contribution in [1.29, 1.82) is 0 Å². The summed E-state index contributed by atoms with van der Waals surface area (Å²) in [5, 5.41) is 14.0. The predicted octanol–water partition coefficient (Wildman–Crippen LogP) is 0.545. The van der Waals surface area contributed by atoms with Gasteiger partial charge >= 0.3 is 12.0 Å². The van der Waals surface area contributed by atoms with Gasteiger partial charge in [0, 0.05) is 20.3 Å². The van der Waals surface area contributed by atoms with E-state index in [2.05, 4.69) is 10.6 Å². The fourth-order valence-electron chi connectivity index (χ4n) is 1.32. The molecule has 1 atom stereocenters. The molecule has 118 valence electrons. The van der Waals surface area contributed by atoms with Crippen LogP contribution >= 0.6 is 11.8 Å². The molecular weight excluding hydrogens is 284 g/mol. The van der Waals surface area contributed by atoms with Gasteiger partial charge in [-0.3, -0.25) is 0 Å². The minimum absolute atomic E-state index is 0.407. The molecule has 0 fully saturated rings. The molecule has 0 saturated carbocycles. The van der Waals surface area contributed by atoms with Crippen LogP contribution in [0, 0.1) is 0 Å². The minimum Gasteiger partial charge on any atom is -0.480 e. The first-order chi connectivity index (χ1) is 9.61. The third-order valence-corrected chi connectivity index (χ3v) is 3.04. The smallest absolute Gasteiger partial charge is 0.326 e. The lowest BCUT2D eigenvalue weighted by Gasteiger charge is -2.14. The van der Waals surface area contributed by atoms with Crippen molar-refractivity contribution in [1.82, 2.24) is 10.6 Å². The summed E-state index contributed by atoms with van der Waals surface area (Å²) in [5.74, 6) is -0.331. The van der Waals surface area contributed by atoms with Gasteiger partial charge in [0.15, 0.2) is 0 Å². The van der Waals surface area contributed by atoms with Crippen LogP contribution in [0.2, 0.25) is 0 Å². The number of thioether (sulfide) groups is 1. The Morgan fingerprint density at radius 2 is 2.05 bits per heavy atom. The van der Waals surface area contributed by atoms with Crippen LogP contribution < -0.4 is 10.6 Å². The molecule has 0 bridgehead atoms. The fraction of sp³-hybridized carbons (Fsp3) is 0.833. The molecule has 3 N–H and O–H groups in total. The van der Waals surface area contributed by atoms with Crippen molar-refractivity contribution in [2.45, 2.75) is 18.9 Å². The molecule has 0 aliphatic carbocycles. The van der Waals surface area contributed by atoms with Gasteiger partial charge in [-0.2, -0.15) is 11.8 Å². The fourth-order valence-corrected chi connectivity index (χ4v) is 1.79. The van der Waals surface area contributed by atoms with E-state index in [4.69, 9.17) is 14.6 Å². The molecule has 0 heterocycles. The number of hydrogen-bond acceptors (Lipinski definition) is 5. The molecule has 0 aliphatic rings. The molecule has 20 heavy (non-hydrogen) atoms. The Morgan fingerprint density at radius 3 is 2.65 bits per heavy atom. The third-order valence-electron chi connectivity index (χ3n) is 2.40. The first-order valence-corrected chi connectivity index (χ1v) is 7.84. The molecule has 2 amide bonds. The van der Waals surface area contributed by atoms with Gasteiger partial charge in [0.1, 0.15) is 6.04 Å². The maximum absolute atomic E-state index is 11.5. The third kappa shape index (κ3) is 10.9. The van der Waals surface area contributed by atoms with Crippen LogP contribution in [0.15, 0.2) is 0 Å². The molecule has 0 spiro atoms. The number of amides is 2. The Labute approximate surface area is 123 Å². The number of hydrogen-bond donors (Lipinski definition) is 3. The molecule has 8 heteroatoms. The van der Waals surface area contributed by atoms with Crippen LogP contribution in [0.3, 0.4) is 0 Å². The van der Waals surface area contributed by atoms with E-state index in [1.807, 2.05) is 6.26 Å². The van der Waals surface area contributed by atoms with E-state index in [0.717, 1.165) is 0 Å². The first kappa shape index (κ1) is 19.0. The molecule has 0 aromatic rings. The van der Waals surface area contributed by atoms with Crippen LogP contribution in [0.4, 0.5) is 4.79 Å². The summed E-state index contributed by atoms with van der Waals surface area (Å²) >= 11 is 1.54. The van der Waals surface area contributed by atoms with Crippen LogP contribution in [0.1, 0.15) is 12.8 Å². The van der Waals surface area contributed by atoms with E-state index < -0.39 is 18.0 Å². The summed E-state index contributed by atoms with van der Waals surface area (Å²) in [4.78, 5) is 22.4. The zero-order valence-corrected chi connectivity index (χ0v) is 12.8. The van der Waals surface area contributed by atoms with Gasteiger partial charge in [0.2, 0.25) is 0 Å². The van der Waals surface area contributed by atoms with E-state index in [1.54, 1.807) is 18.9 Å². The Kier molecular flexibility index (Phi) is 12.4. The van der Waals surface area contributed by atoms with E-state index in [-0.39, 0.29) is 0 Å². The molecule has 0 aliphatic heterocycles. The highest BCUT2D eigenvalue weighted by atomic mass is 32.2. The van der Waals surface area contributed by atoms with E-state index >= 15 is 0 Å². The van der Waals surface area contributed by atoms with Crippen molar-refractivity contribution >= 4 is 23.8 Å². The monoisotopic (exact) mass is 308 g/mol. The summed E-state index contributed by atoms with van der Waals surface area (Å²) < 4.78 is 10.1. The summed E-state index contributed by atoms with van der Waals surface area (Å²) in [7, 11) is 1.60. The lowest BCUT2D eigenvalue weighted by molar-refractivity contribution is -0.139. The first-order valence-electron chi connectivity index (χ1n) is 6.44. The Morgan fingerprint density at radius 1 is 1.30 bits per heavy atom. The highest BCUT2D eigenvalue weighted by Gasteiger charge is 2.18. The number of rotatable bonds is 12. The number of urea groups is 1. The number of carbonyl (C=O) groups is 2. The van der Waals surface area contributed by atoms with Gasteiger partial charge in [0.25, 0.3) is 0 Å². The minimum atomic E-state index is -1.02. The van der Waals surface area contributed by atoms with Gasteiger partial charge in [0.05, 0.1) is 13.2 Å². The predicted molar refractivity (Wildman–Crippen MR) is 78.3 cm³/mol.